The lowest BCUT2D eigenvalue weighted by atomic mass is 10.2. The predicted octanol–water partition coefficient (Wildman–Crippen LogP) is 3.51. The van der Waals surface area contributed by atoms with Crippen LogP contribution in [0.25, 0.3) is 0 Å². The van der Waals surface area contributed by atoms with Crippen molar-refractivity contribution in [3.05, 3.63) is 28.0 Å². The minimum Gasteiger partial charge on any atom is -0.481 e. The van der Waals surface area contributed by atoms with Gasteiger partial charge in [0, 0.05) is 18.7 Å². The molecule has 0 bridgehead atoms. The maximum atomic E-state index is 13.2. The van der Waals surface area contributed by atoms with Gasteiger partial charge in [-0.05, 0) is 25.0 Å². The van der Waals surface area contributed by atoms with Gasteiger partial charge in [0.2, 0.25) is 0 Å². The molecule has 0 aliphatic rings. The Bertz CT molecular complexity index is 488. The summed E-state index contributed by atoms with van der Waals surface area (Å²) in [6, 6.07) is 1.98. The Morgan fingerprint density at radius 1 is 1.20 bits per heavy atom. The Hall–Kier alpha value is -1.53. The zero-order valence-corrected chi connectivity index (χ0v) is 11.9. The van der Waals surface area contributed by atoms with Gasteiger partial charge in [-0.25, -0.2) is 9.18 Å². The Morgan fingerprint density at radius 2 is 1.80 bits per heavy atom. The number of aliphatic carboxylic acids is 1. The highest BCUT2D eigenvalue weighted by atomic mass is 35.5. The fourth-order valence-electron chi connectivity index (χ4n) is 1.41. The van der Waals surface area contributed by atoms with Crippen LogP contribution in [0.4, 0.5) is 14.9 Å². The summed E-state index contributed by atoms with van der Waals surface area (Å²) in [6.45, 7) is 0.335. The van der Waals surface area contributed by atoms with Crippen molar-refractivity contribution in [1.82, 2.24) is 5.32 Å². The summed E-state index contributed by atoms with van der Waals surface area (Å²) in [5.41, 5.74) is 0.268. The molecule has 0 saturated carbocycles. The molecule has 20 heavy (non-hydrogen) atoms. The highest BCUT2D eigenvalue weighted by Crippen LogP contribution is 2.27. The molecule has 5 nitrogen and oxygen atoms in total. The maximum Gasteiger partial charge on any atom is 0.319 e. The molecule has 0 heterocycles. The molecule has 0 fully saturated rings. The molecule has 0 saturated heterocycles. The Labute approximate surface area is 125 Å². The zero-order chi connectivity index (χ0) is 15.1. The van der Waals surface area contributed by atoms with Crippen LogP contribution in [0.2, 0.25) is 10.0 Å². The summed E-state index contributed by atoms with van der Waals surface area (Å²) in [4.78, 5) is 21.8. The summed E-state index contributed by atoms with van der Waals surface area (Å²) >= 11 is 11.2. The van der Waals surface area contributed by atoms with Crippen molar-refractivity contribution < 1.29 is 19.1 Å². The van der Waals surface area contributed by atoms with E-state index >= 15 is 0 Å². The number of hydrogen-bond donors (Lipinski definition) is 3. The Morgan fingerprint density at radius 3 is 2.35 bits per heavy atom. The van der Waals surface area contributed by atoms with E-state index in [2.05, 4.69) is 10.6 Å². The molecule has 3 N–H and O–H groups in total. The number of nitrogens with one attached hydrogen (secondary N) is 2. The molecule has 2 amide bonds. The van der Waals surface area contributed by atoms with E-state index in [1.165, 1.54) is 12.1 Å². The van der Waals surface area contributed by atoms with Crippen molar-refractivity contribution in [1.29, 1.82) is 0 Å². The molecule has 0 unspecified atom stereocenters. The minimum atomic E-state index is -0.870. The first kappa shape index (κ1) is 16.5. The highest BCUT2D eigenvalue weighted by Gasteiger charge is 2.09. The van der Waals surface area contributed by atoms with Crippen molar-refractivity contribution in [2.24, 2.45) is 0 Å². The molecule has 0 atom stereocenters. The molecule has 0 aromatic heterocycles. The quantitative estimate of drug-likeness (QED) is 0.554. The molecular formula is C12H13Cl2FN2O3. The third kappa shape index (κ3) is 5.63. The van der Waals surface area contributed by atoms with Gasteiger partial charge in [0.25, 0.3) is 0 Å². The number of anilines is 1. The van der Waals surface area contributed by atoms with Crippen LogP contribution in [-0.4, -0.2) is 23.7 Å². The van der Waals surface area contributed by atoms with Crippen LogP contribution in [0.5, 0.6) is 0 Å². The number of hydrogen-bond acceptors (Lipinski definition) is 2. The van der Waals surface area contributed by atoms with Gasteiger partial charge < -0.3 is 15.7 Å². The summed E-state index contributed by atoms with van der Waals surface area (Å²) in [5.74, 6) is -1.61. The molecule has 1 aromatic carbocycles. The van der Waals surface area contributed by atoms with Crippen LogP contribution >= 0.6 is 23.2 Å². The van der Waals surface area contributed by atoms with Crippen molar-refractivity contribution in [3.63, 3.8) is 0 Å². The second-order valence-electron chi connectivity index (χ2n) is 3.99. The molecule has 0 aliphatic heterocycles. The fraction of sp³-hybridized carbons (Fsp3) is 0.333. The lowest BCUT2D eigenvalue weighted by molar-refractivity contribution is -0.137. The number of unbranched alkanes of at least 4 members (excludes halogenated alkanes) is 1. The van der Waals surface area contributed by atoms with E-state index in [4.69, 9.17) is 28.3 Å². The van der Waals surface area contributed by atoms with E-state index in [1.807, 2.05) is 0 Å². The van der Waals surface area contributed by atoms with Crippen LogP contribution < -0.4 is 10.6 Å². The van der Waals surface area contributed by atoms with Crippen LogP contribution in [0.15, 0.2) is 12.1 Å². The summed E-state index contributed by atoms with van der Waals surface area (Å²) < 4.78 is 13.2. The van der Waals surface area contributed by atoms with Crippen molar-refractivity contribution >= 4 is 40.9 Å². The molecule has 8 heteroatoms. The van der Waals surface area contributed by atoms with Crippen molar-refractivity contribution in [3.8, 4) is 0 Å². The van der Waals surface area contributed by atoms with Gasteiger partial charge in [0.15, 0.2) is 5.82 Å². The fourth-order valence-corrected chi connectivity index (χ4v) is 1.89. The number of carbonyl (C=O) groups is 2. The molecule has 1 rings (SSSR count). The van der Waals surface area contributed by atoms with Gasteiger partial charge in [-0.1, -0.05) is 23.2 Å². The number of halogens is 3. The number of amides is 2. The molecule has 0 spiro atoms. The first-order chi connectivity index (χ1) is 9.40. The summed E-state index contributed by atoms with van der Waals surface area (Å²) in [5, 5.41) is 13.0. The van der Waals surface area contributed by atoms with Gasteiger partial charge >= 0.3 is 12.0 Å². The molecule has 0 aliphatic carbocycles. The summed E-state index contributed by atoms with van der Waals surface area (Å²) in [7, 11) is 0. The van der Waals surface area contributed by atoms with Gasteiger partial charge in [0.1, 0.15) is 0 Å². The first-order valence-electron chi connectivity index (χ1n) is 5.81. The van der Waals surface area contributed by atoms with Crippen LogP contribution in [0, 0.1) is 5.82 Å². The molecule has 110 valence electrons. The zero-order valence-electron chi connectivity index (χ0n) is 10.4. The van der Waals surface area contributed by atoms with E-state index in [1.54, 1.807) is 0 Å². The van der Waals surface area contributed by atoms with Crippen molar-refractivity contribution in [2.75, 3.05) is 11.9 Å². The van der Waals surface area contributed by atoms with Crippen LogP contribution in [0.3, 0.4) is 0 Å². The highest BCUT2D eigenvalue weighted by molar-refractivity contribution is 6.35. The molecular weight excluding hydrogens is 310 g/mol. The third-order valence-corrected chi connectivity index (χ3v) is 2.89. The standard InChI is InChI=1S/C12H13Cl2FN2O3/c13-8-5-7(6-9(14)11(8)15)17-12(20)16-4-2-1-3-10(18)19/h5-6H,1-4H2,(H,18,19)(H2,16,17,20). The topological polar surface area (TPSA) is 78.4 Å². The average Bonchev–Trinajstić information content (AvgIpc) is 2.35. The monoisotopic (exact) mass is 322 g/mol. The third-order valence-electron chi connectivity index (χ3n) is 2.34. The maximum absolute atomic E-state index is 13.2. The number of carbonyl (C=O) groups excluding carboxylic acids is 1. The minimum absolute atomic E-state index is 0.0620. The average molecular weight is 323 g/mol. The lowest BCUT2D eigenvalue weighted by Gasteiger charge is -2.08. The second kappa shape index (κ2) is 7.91. The largest absolute Gasteiger partial charge is 0.481 e. The second-order valence-corrected chi connectivity index (χ2v) is 4.80. The van der Waals surface area contributed by atoms with Gasteiger partial charge in [-0.3, -0.25) is 4.79 Å². The number of rotatable bonds is 6. The number of carboxylic acid groups (broad SMARTS) is 1. The first-order valence-corrected chi connectivity index (χ1v) is 6.57. The Kier molecular flexibility index (Phi) is 6.54. The molecule has 1 aromatic rings. The number of benzene rings is 1. The van der Waals surface area contributed by atoms with E-state index in [-0.39, 0.29) is 22.2 Å². The van der Waals surface area contributed by atoms with Crippen molar-refractivity contribution in [2.45, 2.75) is 19.3 Å². The number of carboxylic acids is 1. The van der Waals surface area contributed by atoms with E-state index in [9.17, 15) is 14.0 Å². The van der Waals surface area contributed by atoms with Crippen LogP contribution in [0.1, 0.15) is 19.3 Å². The van der Waals surface area contributed by atoms with E-state index < -0.39 is 17.8 Å². The Balaban J connectivity index is 2.37. The van der Waals surface area contributed by atoms with E-state index in [0.717, 1.165) is 0 Å². The lowest BCUT2D eigenvalue weighted by Crippen LogP contribution is -2.29. The van der Waals surface area contributed by atoms with Crippen LogP contribution in [-0.2, 0) is 4.79 Å². The summed E-state index contributed by atoms with van der Waals surface area (Å²) in [6.07, 6.45) is 1.08. The predicted molar refractivity (Wildman–Crippen MR) is 74.9 cm³/mol. The van der Waals surface area contributed by atoms with Gasteiger partial charge in [-0.15, -0.1) is 0 Å². The van der Waals surface area contributed by atoms with Gasteiger partial charge in [-0.2, -0.15) is 0 Å². The number of urea groups is 1. The van der Waals surface area contributed by atoms with E-state index in [0.29, 0.717) is 19.4 Å². The smallest absolute Gasteiger partial charge is 0.319 e. The SMILES string of the molecule is O=C(O)CCCCNC(=O)Nc1cc(Cl)c(F)c(Cl)c1. The van der Waals surface area contributed by atoms with Gasteiger partial charge in [0.05, 0.1) is 10.0 Å². The normalized spacial score (nSPS) is 10.2. The molecule has 0 radical (unpaired) electrons.